The van der Waals surface area contributed by atoms with Crippen molar-refractivity contribution in [1.29, 1.82) is 0 Å². The molecule has 0 aliphatic heterocycles. The molecule has 0 spiro atoms. The van der Waals surface area contributed by atoms with Crippen LogP contribution in [0.25, 0.3) is 0 Å². The molecule has 0 heterocycles. The van der Waals surface area contributed by atoms with Crippen molar-refractivity contribution in [3.63, 3.8) is 0 Å². The number of rotatable bonds is 9. The molecule has 0 saturated heterocycles. The first-order valence-corrected chi connectivity index (χ1v) is 13.6. The van der Waals surface area contributed by atoms with Crippen molar-refractivity contribution in [2.45, 2.75) is 25.7 Å². The van der Waals surface area contributed by atoms with Gasteiger partial charge in [0.1, 0.15) is 6.54 Å². The van der Waals surface area contributed by atoms with Crippen LogP contribution in [0.2, 0.25) is 0 Å². The van der Waals surface area contributed by atoms with Gasteiger partial charge in [0.2, 0.25) is 26.0 Å². The summed E-state index contributed by atoms with van der Waals surface area (Å²) in [5.41, 5.74) is 1.57. The van der Waals surface area contributed by atoms with E-state index in [0.29, 0.717) is 24.5 Å². The van der Waals surface area contributed by atoms with Gasteiger partial charge in [0.25, 0.3) is 0 Å². The predicted octanol–water partition coefficient (Wildman–Crippen LogP) is 3.19. The Morgan fingerprint density at radius 3 is 2.06 bits per heavy atom. The summed E-state index contributed by atoms with van der Waals surface area (Å²) in [5, 5.41) is 2.61. The van der Waals surface area contributed by atoms with E-state index in [4.69, 9.17) is 0 Å². The average Bonchev–Trinajstić information content (AvgIpc) is 2.68. The van der Waals surface area contributed by atoms with Crippen LogP contribution in [0.1, 0.15) is 19.4 Å². The van der Waals surface area contributed by atoms with Crippen molar-refractivity contribution in [3.8, 4) is 0 Å². The van der Waals surface area contributed by atoms with Crippen LogP contribution in [-0.4, -0.2) is 52.9 Å². The van der Waals surface area contributed by atoms with Crippen LogP contribution in [0.4, 0.5) is 11.4 Å². The van der Waals surface area contributed by atoms with Gasteiger partial charge in [-0.05, 0) is 55.0 Å². The normalized spacial score (nSPS) is 12.1. The lowest BCUT2D eigenvalue weighted by atomic mass is 10.2. The summed E-state index contributed by atoms with van der Waals surface area (Å²) < 4.78 is 52.8. The molecule has 31 heavy (non-hydrogen) atoms. The molecule has 1 amide bonds. The highest BCUT2D eigenvalue weighted by Crippen LogP contribution is 2.25. The van der Waals surface area contributed by atoms with E-state index in [-0.39, 0.29) is 4.90 Å². The molecule has 0 aromatic heterocycles. The molecule has 0 aliphatic carbocycles. The fourth-order valence-electron chi connectivity index (χ4n) is 2.94. The van der Waals surface area contributed by atoms with E-state index < -0.39 is 32.5 Å². The summed E-state index contributed by atoms with van der Waals surface area (Å²) in [6, 6.07) is 10.8. The zero-order chi connectivity index (χ0) is 23.4. The number of nitrogens with zero attached hydrogens (tertiary/aromatic N) is 2. The largest absolute Gasteiger partial charge is 0.325 e. The first kappa shape index (κ1) is 25.3. The molecule has 0 unspecified atom stereocenters. The maximum atomic E-state index is 12.6. The fraction of sp³-hybridized carbons (Fsp3) is 0.350. The minimum absolute atomic E-state index is 0.122. The zero-order valence-corrected chi connectivity index (χ0v) is 21.0. The summed E-state index contributed by atoms with van der Waals surface area (Å²) in [6.45, 7) is 5.63. The Kier molecular flexibility index (Phi) is 8.26. The molecule has 0 aliphatic rings. The van der Waals surface area contributed by atoms with E-state index in [9.17, 15) is 21.6 Å². The molecule has 2 rings (SSSR count). The number of anilines is 2. The second kappa shape index (κ2) is 10.1. The predicted molar refractivity (Wildman–Crippen MR) is 126 cm³/mol. The summed E-state index contributed by atoms with van der Waals surface area (Å²) in [6.07, 6.45) is 1.03. The van der Waals surface area contributed by atoms with Gasteiger partial charge in [0.15, 0.2) is 0 Å². The molecule has 0 radical (unpaired) electrons. The van der Waals surface area contributed by atoms with E-state index >= 15 is 0 Å². The number of benzene rings is 2. The van der Waals surface area contributed by atoms with E-state index in [1.54, 1.807) is 32.0 Å². The molecular formula is C20H26BrN3O5S2. The lowest BCUT2D eigenvalue weighted by molar-refractivity contribution is -0.114. The number of sulfonamides is 2. The Morgan fingerprint density at radius 1 is 1.00 bits per heavy atom. The van der Waals surface area contributed by atoms with Crippen molar-refractivity contribution in [2.75, 3.05) is 35.5 Å². The van der Waals surface area contributed by atoms with Crippen LogP contribution in [0.3, 0.4) is 0 Å². The number of carbonyl (C=O) groups is 1. The quantitative estimate of drug-likeness (QED) is 0.534. The molecule has 0 atom stereocenters. The third kappa shape index (κ3) is 6.28. The van der Waals surface area contributed by atoms with Gasteiger partial charge in [0.05, 0.1) is 16.8 Å². The number of amides is 1. The smallest absolute Gasteiger partial charge is 0.245 e. The summed E-state index contributed by atoms with van der Waals surface area (Å²) >= 11 is 3.37. The highest BCUT2D eigenvalue weighted by atomic mass is 79.9. The second-order valence-corrected chi connectivity index (χ2v) is 11.6. The van der Waals surface area contributed by atoms with Crippen LogP contribution >= 0.6 is 15.9 Å². The Balaban J connectivity index is 2.19. The van der Waals surface area contributed by atoms with Crippen LogP contribution in [0.5, 0.6) is 0 Å². The van der Waals surface area contributed by atoms with Gasteiger partial charge in [-0.15, -0.1) is 0 Å². The van der Waals surface area contributed by atoms with E-state index in [1.807, 2.05) is 6.92 Å². The molecule has 170 valence electrons. The van der Waals surface area contributed by atoms with Crippen LogP contribution < -0.4 is 9.62 Å². The van der Waals surface area contributed by atoms with Crippen molar-refractivity contribution >= 4 is 53.3 Å². The van der Waals surface area contributed by atoms with Crippen LogP contribution in [0.15, 0.2) is 51.8 Å². The van der Waals surface area contributed by atoms with Gasteiger partial charge in [-0.2, -0.15) is 4.31 Å². The van der Waals surface area contributed by atoms with Crippen LogP contribution in [0, 0.1) is 6.92 Å². The SMILES string of the molecule is CCN(CC)S(=O)(=O)c1ccc(NC(=O)CN(c2ccc(Br)c(C)c2)S(C)(=O)=O)cc1. The highest BCUT2D eigenvalue weighted by Gasteiger charge is 2.23. The maximum Gasteiger partial charge on any atom is 0.245 e. The van der Waals surface area contributed by atoms with Gasteiger partial charge in [0, 0.05) is 23.2 Å². The third-order valence-electron chi connectivity index (χ3n) is 4.60. The van der Waals surface area contributed by atoms with E-state index in [1.165, 1.54) is 28.6 Å². The van der Waals surface area contributed by atoms with Crippen molar-refractivity contribution in [2.24, 2.45) is 0 Å². The molecule has 0 bridgehead atoms. The Morgan fingerprint density at radius 2 is 1.58 bits per heavy atom. The Hall–Kier alpha value is -1.95. The lowest BCUT2D eigenvalue weighted by Gasteiger charge is -2.22. The van der Waals surface area contributed by atoms with Crippen molar-refractivity contribution in [1.82, 2.24) is 4.31 Å². The number of aryl methyl sites for hydroxylation is 1. The number of carbonyl (C=O) groups excluding carboxylic acids is 1. The van der Waals surface area contributed by atoms with Crippen LogP contribution in [-0.2, 0) is 24.8 Å². The minimum Gasteiger partial charge on any atom is -0.325 e. The summed E-state index contributed by atoms with van der Waals surface area (Å²) in [5.74, 6) is -0.551. The van der Waals surface area contributed by atoms with E-state index in [0.717, 1.165) is 20.6 Å². The second-order valence-electron chi connectivity index (χ2n) is 6.87. The Bertz CT molecular complexity index is 1150. The third-order valence-corrected chi connectivity index (χ3v) is 8.69. The average molecular weight is 532 g/mol. The molecule has 2 aromatic carbocycles. The molecule has 2 aromatic rings. The van der Waals surface area contributed by atoms with Gasteiger partial charge >= 0.3 is 0 Å². The maximum absolute atomic E-state index is 12.6. The molecule has 8 nitrogen and oxygen atoms in total. The number of hydrogen-bond donors (Lipinski definition) is 1. The Labute approximate surface area is 192 Å². The molecular weight excluding hydrogens is 506 g/mol. The van der Waals surface area contributed by atoms with Gasteiger partial charge in [-0.3, -0.25) is 9.10 Å². The standard InChI is InChI=1S/C20H26BrN3O5S2/c1-5-23(6-2)31(28,29)18-10-7-16(8-11-18)22-20(25)14-24(30(4,26)27)17-9-12-19(21)15(3)13-17/h7-13H,5-6,14H2,1-4H3,(H,22,25). The topological polar surface area (TPSA) is 104 Å². The summed E-state index contributed by atoms with van der Waals surface area (Å²) in [7, 11) is -7.30. The summed E-state index contributed by atoms with van der Waals surface area (Å²) in [4.78, 5) is 12.6. The minimum atomic E-state index is -3.70. The van der Waals surface area contributed by atoms with Gasteiger partial charge in [-0.1, -0.05) is 29.8 Å². The highest BCUT2D eigenvalue weighted by molar-refractivity contribution is 9.10. The number of nitrogens with one attached hydrogen (secondary N) is 1. The molecule has 0 fully saturated rings. The molecule has 11 heteroatoms. The number of halogens is 1. The van der Waals surface area contributed by atoms with Gasteiger partial charge in [-0.25, -0.2) is 16.8 Å². The monoisotopic (exact) mass is 531 g/mol. The van der Waals surface area contributed by atoms with E-state index in [2.05, 4.69) is 21.2 Å². The lowest BCUT2D eigenvalue weighted by Crippen LogP contribution is -2.37. The fourth-order valence-corrected chi connectivity index (χ4v) is 5.49. The zero-order valence-electron chi connectivity index (χ0n) is 17.8. The molecule has 0 saturated carbocycles. The first-order valence-electron chi connectivity index (χ1n) is 9.54. The van der Waals surface area contributed by atoms with Crippen molar-refractivity contribution in [3.05, 3.63) is 52.5 Å². The first-order chi connectivity index (χ1) is 14.4. The van der Waals surface area contributed by atoms with Crippen molar-refractivity contribution < 1.29 is 21.6 Å². The van der Waals surface area contributed by atoms with Gasteiger partial charge < -0.3 is 5.32 Å². The number of hydrogen-bond acceptors (Lipinski definition) is 5. The molecule has 1 N–H and O–H groups in total.